The average molecular weight is 409 g/mol. The fraction of sp³-hybridized carbons (Fsp3) is 0.526. The normalized spacial score (nSPS) is 16.1. The van der Waals surface area contributed by atoms with Crippen LogP contribution in [0.2, 0.25) is 5.02 Å². The summed E-state index contributed by atoms with van der Waals surface area (Å²) >= 11 is 7.41. The highest BCUT2D eigenvalue weighted by Gasteiger charge is 2.20. The first-order valence-corrected chi connectivity index (χ1v) is 10.5. The minimum atomic E-state index is -0.265. The maximum atomic E-state index is 12.4. The number of methoxy groups -OCH3 is 1. The molecule has 27 heavy (non-hydrogen) atoms. The number of benzene rings is 1. The number of aromatic nitrogens is 3. The van der Waals surface area contributed by atoms with Gasteiger partial charge in [-0.3, -0.25) is 9.89 Å². The quantitative estimate of drug-likeness (QED) is 0.667. The number of hydrogen-bond donors (Lipinski definition) is 2. The van der Waals surface area contributed by atoms with E-state index in [9.17, 15) is 4.79 Å². The first-order chi connectivity index (χ1) is 13.1. The summed E-state index contributed by atoms with van der Waals surface area (Å²) < 4.78 is 5.36. The lowest BCUT2D eigenvalue weighted by molar-refractivity contribution is -0.120. The number of nitrogens with one attached hydrogen (secondary N) is 2. The maximum absolute atomic E-state index is 12.4. The van der Waals surface area contributed by atoms with E-state index in [2.05, 4.69) is 20.5 Å². The monoisotopic (exact) mass is 408 g/mol. The number of carbonyl (C=O) groups is 1. The summed E-state index contributed by atoms with van der Waals surface area (Å²) in [6.45, 7) is 2.64. The second-order valence-electron chi connectivity index (χ2n) is 6.82. The van der Waals surface area contributed by atoms with Crippen LogP contribution in [-0.2, 0) is 4.79 Å². The standard InChI is InChI=1S/C19H25ClN4O2S/c1-12(18(25)21-11-13-6-4-3-5-7-13)27-19-22-17(23-24-19)15-10-14(20)8-9-16(15)26-2/h8-10,12-13H,3-7,11H2,1-2H3,(H,21,25)(H,22,23,24)/t12-/m1/s1. The number of H-pyrrole nitrogens is 1. The summed E-state index contributed by atoms with van der Waals surface area (Å²) in [5, 5.41) is 11.0. The Kier molecular flexibility index (Phi) is 7.01. The van der Waals surface area contributed by atoms with E-state index in [1.807, 2.05) is 6.92 Å². The van der Waals surface area contributed by atoms with E-state index < -0.39 is 0 Å². The lowest BCUT2D eigenvalue weighted by atomic mass is 9.89. The van der Waals surface area contributed by atoms with Gasteiger partial charge in [-0.05, 0) is 43.9 Å². The summed E-state index contributed by atoms with van der Waals surface area (Å²) in [5.74, 6) is 1.86. The minimum Gasteiger partial charge on any atom is -0.496 e. The Morgan fingerprint density at radius 2 is 2.19 bits per heavy atom. The largest absolute Gasteiger partial charge is 0.496 e. The maximum Gasteiger partial charge on any atom is 0.233 e. The molecular weight excluding hydrogens is 384 g/mol. The molecule has 6 nitrogen and oxygen atoms in total. The van der Waals surface area contributed by atoms with Gasteiger partial charge in [0.15, 0.2) is 5.82 Å². The molecule has 0 radical (unpaired) electrons. The third-order valence-corrected chi connectivity index (χ3v) is 6.02. The van der Waals surface area contributed by atoms with E-state index in [1.165, 1.54) is 43.9 Å². The van der Waals surface area contributed by atoms with Gasteiger partial charge in [0.2, 0.25) is 11.1 Å². The highest BCUT2D eigenvalue weighted by atomic mass is 35.5. The van der Waals surface area contributed by atoms with Crippen LogP contribution in [0.4, 0.5) is 0 Å². The van der Waals surface area contributed by atoms with Gasteiger partial charge in [0, 0.05) is 11.6 Å². The van der Waals surface area contributed by atoms with E-state index >= 15 is 0 Å². The number of carbonyl (C=O) groups excluding carboxylic acids is 1. The summed E-state index contributed by atoms with van der Waals surface area (Å²) in [6.07, 6.45) is 6.30. The van der Waals surface area contributed by atoms with Crippen LogP contribution >= 0.6 is 23.4 Å². The molecule has 1 atom stereocenters. The summed E-state index contributed by atoms with van der Waals surface area (Å²) in [6, 6.07) is 5.32. The Morgan fingerprint density at radius 3 is 2.93 bits per heavy atom. The Morgan fingerprint density at radius 1 is 1.41 bits per heavy atom. The summed E-state index contributed by atoms with van der Waals surface area (Å²) in [5.41, 5.74) is 0.735. The highest BCUT2D eigenvalue weighted by molar-refractivity contribution is 8.00. The lowest BCUT2D eigenvalue weighted by Gasteiger charge is -2.22. The molecule has 0 saturated heterocycles. The Labute approximate surface area is 168 Å². The van der Waals surface area contributed by atoms with Crippen molar-refractivity contribution in [1.82, 2.24) is 20.5 Å². The van der Waals surface area contributed by atoms with Crippen LogP contribution in [0.1, 0.15) is 39.0 Å². The lowest BCUT2D eigenvalue weighted by Crippen LogP contribution is -2.35. The van der Waals surface area contributed by atoms with Gasteiger partial charge >= 0.3 is 0 Å². The molecule has 8 heteroatoms. The van der Waals surface area contributed by atoms with Crippen LogP contribution in [0.25, 0.3) is 11.4 Å². The van der Waals surface area contributed by atoms with Gasteiger partial charge in [0.25, 0.3) is 0 Å². The minimum absolute atomic E-state index is 0.0252. The molecule has 1 saturated carbocycles. The number of aromatic amines is 1. The van der Waals surface area contributed by atoms with E-state index in [0.717, 1.165) is 12.1 Å². The Bertz CT molecular complexity index is 777. The number of halogens is 1. The molecule has 0 aliphatic heterocycles. The topological polar surface area (TPSA) is 79.9 Å². The summed E-state index contributed by atoms with van der Waals surface area (Å²) in [4.78, 5) is 16.9. The van der Waals surface area contributed by atoms with Gasteiger partial charge in [0.05, 0.1) is 17.9 Å². The van der Waals surface area contributed by atoms with Crippen molar-refractivity contribution in [3.63, 3.8) is 0 Å². The molecule has 1 fully saturated rings. The second-order valence-corrected chi connectivity index (χ2v) is 8.56. The number of hydrogen-bond acceptors (Lipinski definition) is 5. The van der Waals surface area contributed by atoms with E-state index in [4.69, 9.17) is 16.3 Å². The van der Waals surface area contributed by atoms with Crippen molar-refractivity contribution in [2.75, 3.05) is 13.7 Å². The van der Waals surface area contributed by atoms with Gasteiger partial charge in [0.1, 0.15) is 5.75 Å². The molecule has 0 unspecified atom stereocenters. The number of thioether (sulfide) groups is 1. The van der Waals surface area contributed by atoms with Crippen LogP contribution in [0.3, 0.4) is 0 Å². The van der Waals surface area contributed by atoms with Crippen LogP contribution in [0.5, 0.6) is 5.75 Å². The number of rotatable bonds is 7. The highest BCUT2D eigenvalue weighted by Crippen LogP contribution is 2.31. The smallest absolute Gasteiger partial charge is 0.233 e. The molecule has 1 aromatic carbocycles. The van der Waals surface area contributed by atoms with Gasteiger partial charge in [-0.1, -0.05) is 42.6 Å². The zero-order valence-electron chi connectivity index (χ0n) is 15.6. The van der Waals surface area contributed by atoms with E-state index in [0.29, 0.717) is 27.7 Å². The summed E-state index contributed by atoms with van der Waals surface area (Å²) in [7, 11) is 1.59. The van der Waals surface area contributed by atoms with Crippen molar-refractivity contribution in [2.45, 2.75) is 49.4 Å². The molecule has 0 bridgehead atoms. The van der Waals surface area contributed by atoms with Crippen molar-refractivity contribution >= 4 is 29.3 Å². The molecule has 1 aliphatic rings. The van der Waals surface area contributed by atoms with Crippen LogP contribution < -0.4 is 10.1 Å². The fourth-order valence-electron chi connectivity index (χ4n) is 3.28. The SMILES string of the molecule is COc1ccc(Cl)cc1-c1nc(S[C@H](C)C(=O)NCC2CCCCC2)n[nH]1. The zero-order valence-corrected chi connectivity index (χ0v) is 17.2. The van der Waals surface area contributed by atoms with Crippen LogP contribution in [0, 0.1) is 5.92 Å². The molecule has 2 aromatic rings. The zero-order chi connectivity index (χ0) is 19.2. The molecular formula is C19H25ClN4O2S. The molecule has 2 N–H and O–H groups in total. The van der Waals surface area contributed by atoms with Gasteiger partial charge in [-0.15, -0.1) is 5.10 Å². The number of ether oxygens (including phenoxy) is 1. The van der Waals surface area contributed by atoms with Crippen LogP contribution in [-0.4, -0.2) is 40.0 Å². The molecule has 0 spiro atoms. The fourth-order valence-corrected chi connectivity index (χ4v) is 4.20. The predicted octanol–water partition coefficient (Wildman–Crippen LogP) is 4.31. The third kappa shape index (κ3) is 5.39. The number of nitrogens with zero attached hydrogens (tertiary/aromatic N) is 2. The Hall–Kier alpha value is -1.73. The predicted molar refractivity (Wildman–Crippen MR) is 108 cm³/mol. The van der Waals surface area contributed by atoms with Gasteiger partial charge in [-0.2, -0.15) is 0 Å². The second kappa shape index (κ2) is 9.46. The molecule has 1 heterocycles. The molecule has 3 rings (SSSR count). The third-order valence-electron chi connectivity index (χ3n) is 4.82. The number of amides is 1. The molecule has 1 amide bonds. The van der Waals surface area contributed by atoms with Crippen LogP contribution in [0.15, 0.2) is 23.4 Å². The first-order valence-electron chi connectivity index (χ1n) is 9.27. The average Bonchev–Trinajstić information content (AvgIpc) is 3.15. The Balaban J connectivity index is 1.58. The molecule has 1 aromatic heterocycles. The van der Waals surface area contributed by atoms with Crippen molar-refractivity contribution in [1.29, 1.82) is 0 Å². The van der Waals surface area contributed by atoms with E-state index in [-0.39, 0.29) is 11.2 Å². The van der Waals surface area contributed by atoms with Crippen molar-refractivity contribution < 1.29 is 9.53 Å². The molecule has 146 valence electrons. The molecule has 1 aliphatic carbocycles. The van der Waals surface area contributed by atoms with Gasteiger partial charge in [-0.25, -0.2) is 4.98 Å². The van der Waals surface area contributed by atoms with Gasteiger partial charge < -0.3 is 10.1 Å². The van der Waals surface area contributed by atoms with Crippen molar-refractivity contribution in [3.05, 3.63) is 23.2 Å². The van der Waals surface area contributed by atoms with E-state index in [1.54, 1.807) is 25.3 Å². The van der Waals surface area contributed by atoms with Crippen molar-refractivity contribution in [2.24, 2.45) is 5.92 Å². The van der Waals surface area contributed by atoms with Crippen molar-refractivity contribution in [3.8, 4) is 17.1 Å². The first kappa shape index (κ1) is 20.0.